The summed E-state index contributed by atoms with van der Waals surface area (Å²) < 4.78 is 45.8. The van der Waals surface area contributed by atoms with Crippen LogP contribution in [0.4, 0.5) is 4.39 Å². The summed E-state index contributed by atoms with van der Waals surface area (Å²) in [6.07, 6.45) is 1.52. The third-order valence-corrected chi connectivity index (χ3v) is 5.62. The third-order valence-electron chi connectivity index (χ3n) is 3.00. The van der Waals surface area contributed by atoms with Gasteiger partial charge in [0.2, 0.25) is 10.0 Å². The second-order valence-corrected chi connectivity index (χ2v) is 7.40. The number of hydrogen-bond acceptors (Lipinski definition) is 3. The van der Waals surface area contributed by atoms with E-state index in [9.17, 15) is 12.8 Å². The number of rotatable bonds is 3. The van der Waals surface area contributed by atoms with Gasteiger partial charge in [-0.05, 0) is 53.9 Å². The number of halogens is 2. The highest BCUT2D eigenvalue weighted by atomic mass is 79.9. The Morgan fingerprint density at radius 2 is 2.21 bits per heavy atom. The standard InChI is InChI=1S/C12H15BrFNO3S/c1-12(5-2-6-18-8-12)15-19(16,17)11-4-3-9(14)7-10(11)13/h3-4,7,15H,2,5-6,8H2,1H3. The van der Waals surface area contributed by atoms with Crippen molar-refractivity contribution < 1.29 is 17.5 Å². The maximum atomic E-state index is 13.0. The number of benzene rings is 1. The van der Waals surface area contributed by atoms with E-state index in [1.165, 1.54) is 6.07 Å². The summed E-state index contributed by atoms with van der Waals surface area (Å²) in [6, 6.07) is 3.50. The highest BCUT2D eigenvalue weighted by molar-refractivity contribution is 9.10. The fourth-order valence-corrected chi connectivity index (χ4v) is 4.56. The predicted octanol–water partition coefficient (Wildman–Crippen LogP) is 2.44. The summed E-state index contributed by atoms with van der Waals surface area (Å²) in [7, 11) is -3.71. The molecule has 0 aromatic heterocycles. The quantitative estimate of drug-likeness (QED) is 0.909. The summed E-state index contributed by atoms with van der Waals surface area (Å²) >= 11 is 3.07. The van der Waals surface area contributed by atoms with E-state index in [-0.39, 0.29) is 9.37 Å². The van der Waals surface area contributed by atoms with Crippen molar-refractivity contribution >= 4 is 26.0 Å². The third kappa shape index (κ3) is 3.53. The monoisotopic (exact) mass is 351 g/mol. The summed E-state index contributed by atoms with van der Waals surface area (Å²) in [6.45, 7) is 2.80. The Morgan fingerprint density at radius 1 is 1.47 bits per heavy atom. The fraction of sp³-hybridized carbons (Fsp3) is 0.500. The molecule has 1 unspecified atom stereocenters. The van der Waals surface area contributed by atoms with E-state index in [0.717, 1.165) is 18.6 Å². The number of sulfonamides is 1. The van der Waals surface area contributed by atoms with Crippen LogP contribution in [0.5, 0.6) is 0 Å². The zero-order valence-electron chi connectivity index (χ0n) is 10.4. The zero-order chi connectivity index (χ0) is 14.1. The van der Waals surface area contributed by atoms with Gasteiger partial charge in [-0.1, -0.05) is 0 Å². The maximum absolute atomic E-state index is 13.0. The van der Waals surface area contributed by atoms with Crippen LogP contribution in [-0.2, 0) is 14.8 Å². The van der Waals surface area contributed by atoms with Crippen LogP contribution in [-0.4, -0.2) is 27.2 Å². The van der Waals surface area contributed by atoms with Gasteiger partial charge in [-0.25, -0.2) is 17.5 Å². The number of ether oxygens (including phenoxy) is 1. The predicted molar refractivity (Wildman–Crippen MR) is 72.9 cm³/mol. The topological polar surface area (TPSA) is 55.4 Å². The maximum Gasteiger partial charge on any atom is 0.242 e. The Labute approximate surface area is 120 Å². The highest BCUT2D eigenvalue weighted by Gasteiger charge is 2.33. The molecule has 1 saturated heterocycles. The Bertz CT molecular complexity index is 570. The number of hydrogen-bond donors (Lipinski definition) is 1. The van der Waals surface area contributed by atoms with Crippen LogP contribution in [0.15, 0.2) is 27.6 Å². The van der Waals surface area contributed by atoms with E-state index in [1.54, 1.807) is 6.92 Å². The summed E-state index contributed by atoms with van der Waals surface area (Å²) in [4.78, 5) is 0.0284. The van der Waals surface area contributed by atoms with Gasteiger partial charge in [-0.3, -0.25) is 0 Å². The van der Waals surface area contributed by atoms with Gasteiger partial charge in [-0.15, -0.1) is 0 Å². The second-order valence-electron chi connectivity index (χ2n) is 4.90. The average molecular weight is 352 g/mol. The van der Waals surface area contributed by atoms with E-state index in [1.807, 2.05) is 0 Å². The molecule has 1 N–H and O–H groups in total. The van der Waals surface area contributed by atoms with E-state index in [4.69, 9.17) is 4.74 Å². The molecule has 19 heavy (non-hydrogen) atoms. The Morgan fingerprint density at radius 3 is 2.79 bits per heavy atom. The Kier molecular flexibility index (Phi) is 4.29. The molecule has 0 bridgehead atoms. The fourth-order valence-electron chi connectivity index (χ4n) is 2.09. The molecule has 1 aliphatic rings. The second kappa shape index (κ2) is 5.47. The van der Waals surface area contributed by atoms with Crippen molar-refractivity contribution in [3.05, 3.63) is 28.5 Å². The number of nitrogens with one attached hydrogen (secondary N) is 1. The SMILES string of the molecule is CC1(NS(=O)(=O)c2ccc(F)cc2Br)CCCOC1. The molecule has 1 fully saturated rings. The largest absolute Gasteiger partial charge is 0.380 e. The average Bonchev–Trinajstić information content (AvgIpc) is 2.27. The molecule has 0 saturated carbocycles. The van der Waals surface area contributed by atoms with Crippen LogP contribution in [0, 0.1) is 5.82 Å². The van der Waals surface area contributed by atoms with E-state index in [0.29, 0.717) is 19.6 Å². The van der Waals surface area contributed by atoms with E-state index >= 15 is 0 Å². The summed E-state index contributed by atoms with van der Waals surface area (Å²) in [5.41, 5.74) is -0.620. The lowest BCUT2D eigenvalue weighted by Gasteiger charge is -2.33. The minimum Gasteiger partial charge on any atom is -0.380 e. The molecular formula is C12H15BrFNO3S. The van der Waals surface area contributed by atoms with Crippen LogP contribution in [0.25, 0.3) is 0 Å². The van der Waals surface area contributed by atoms with Gasteiger partial charge in [-0.2, -0.15) is 0 Å². The lowest BCUT2D eigenvalue weighted by Crippen LogP contribution is -2.51. The normalized spacial score (nSPS) is 24.4. The summed E-state index contributed by atoms with van der Waals surface area (Å²) in [5, 5.41) is 0. The van der Waals surface area contributed by atoms with Crippen LogP contribution >= 0.6 is 15.9 Å². The smallest absolute Gasteiger partial charge is 0.242 e. The minimum atomic E-state index is -3.71. The molecule has 0 spiro atoms. The highest BCUT2D eigenvalue weighted by Crippen LogP contribution is 2.26. The van der Waals surface area contributed by atoms with Gasteiger partial charge in [0.05, 0.1) is 17.0 Å². The molecule has 106 valence electrons. The molecule has 7 heteroatoms. The van der Waals surface area contributed by atoms with Crippen molar-refractivity contribution in [2.75, 3.05) is 13.2 Å². The van der Waals surface area contributed by atoms with Gasteiger partial charge < -0.3 is 4.74 Å². The first kappa shape index (κ1) is 14.9. The first-order chi connectivity index (χ1) is 8.82. The van der Waals surface area contributed by atoms with Crippen molar-refractivity contribution in [3.8, 4) is 0 Å². The lowest BCUT2D eigenvalue weighted by atomic mass is 9.97. The molecule has 1 aliphatic heterocycles. The van der Waals surface area contributed by atoms with Gasteiger partial charge in [0, 0.05) is 11.1 Å². The molecular weight excluding hydrogens is 337 g/mol. The van der Waals surface area contributed by atoms with Crippen LogP contribution in [0.2, 0.25) is 0 Å². The molecule has 0 aliphatic carbocycles. The van der Waals surface area contributed by atoms with Crippen LogP contribution in [0.1, 0.15) is 19.8 Å². The molecule has 1 atom stereocenters. The van der Waals surface area contributed by atoms with Gasteiger partial charge in [0.25, 0.3) is 0 Å². The van der Waals surface area contributed by atoms with Crippen LogP contribution < -0.4 is 4.72 Å². The van der Waals surface area contributed by atoms with Crippen molar-refractivity contribution in [2.24, 2.45) is 0 Å². The van der Waals surface area contributed by atoms with Gasteiger partial charge in [0.1, 0.15) is 5.82 Å². The van der Waals surface area contributed by atoms with Crippen molar-refractivity contribution in [1.82, 2.24) is 4.72 Å². The van der Waals surface area contributed by atoms with Crippen LogP contribution in [0.3, 0.4) is 0 Å². The van der Waals surface area contributed by atoms with Crippen molar-refractivity contribution in [1.29, 1.82) is 0 Å². The minimum absolute atomic E-state index is 0.0284. The van der Waals surface area contributed by atoms with E-state index in [2.05, 4.69) is 20.7 Å². The van der Waals surface area contributed by atoms with Gasteiger partial charge in [0.15, 0.2) is 0 Å². The molecule has 1 aromatic carbocycles. The molecule has 0 amide bonds. The first-order valence-corrected chi connectivity index (χ1v) is 8.17. The molecule has 1 heterocycles. The molecule has 4 nitrogen and oxygen atoms in total. The first-order valence-electron chi connectivity index (χ1n) is 5.89. The molecule has 2 rings (SSSR count). The summed E-state index contributed by atoms with van der Waals surface area (Å²) in [5.74, 6) is -0.488. The Balaban J connectivity index is 2.27. The zero-order valence-corrected chi connectivity index (χ0v) is 12.9. The van der Waals surface area contributed by atoms with Crippen molar-refractivity contribution in [3.63, 3.8) is 0 Å². The van der Waals surface area contributed by atoms with Gasteiger partial charge >= 0.3 is 0 Å². The lowest BCUT2D eigenvalue weighted by molar-refractivity contribution is 0.0386. The van der Waals surface area contributed by atoms with E-state index < -0.39 is 21.4 Å². The Hall–Kier alpha value is -0.500. The van der Waals surface area contributed by atoms with Crippen molar-refractivity contribution in [2.45, 2.75) is 30.2 Å². The molecule has 1 aromatic rings. The molecule has 0 radical (unpaired) electrons.